The molecule has 1 aromatic heterocycles. The summed E-state index contributed by atoms with van der Waals surface area (Å²) in [7, 11) is -3.62. The zero-order valence-electron chi connectivity index (χ0n) is 10.4. The maximum absolute atomic E-state index is 13.5. The summed E-state index contributed by atoms with van der Waals surface area (Å²) in [4.78, 5) is 18.2. The molecule has 0 saturated heterocycles. The second-order valence-corrected chi connectivity index (χ2v) is 5.86. The van der Waals surface area contributed by atoms with Crippen molar-refractivity contribution in [3.63, 3.8) is 0 Å². The fourth-order valence-electron chi connectivity index (χ4n) is 1.43. The van der Waals surface area contributed by atoms with Gasteiger partial charge in [0.1, 0.15) is 11.6 Å². The minimum absolute atomic E-state index is 0.0284. The first kappa shape index (κ1) is 14.1. The monoisotopic (exact) mass is 295 g/mol. The lowest BCUT2D eigenvalue weighted by Gasteiger charge is -2.09. The van der Waals surface area contributed by atoms with Crippen LogP contribution in [0.5, 0.6) is 0 Å². The van der Waals surface area contributed by atoms with Crippen molar-refractivity contribution in [3.05, 3.63) is 41.8 Å². The summed E-state index contributed by atoms with van der Waals surface area (Å²) < 4.78 is 36.3. The van der Waals surface area contributed by atoms with Gasteiger partial charge in [-0.3, -0.25) is 4.79 Å². The van der Waals surface area contributed by atoms with Gasteiger partial charge in [0.15, 0.2) is 6.29 Å². The van der Waals surface area contributed by atoms with Crippen molar-refractivity contribution < 1.29 is 17.6 Å². The summed E-state index contributed by atoms with van der Waals surface area (Å²) in [6.45, 7) is 0. The Morgan fingerprint density at radius 1 is 1.30 bits per heavy atom. The highest BCUT2D eigenvalue weighted by atomic mass is 32.2. The Hall–Kier alpha value is -2.35. The van der Waals surface area contributed by atoms with E-state index in [-0.39, 0.29) is 17.1 Å². The highest BCUT2D eigenvalue weighted by Gasteiger charge is 2.15. The minimum Gasteiger partial charge on any atom is -0.337 e. The van der Waals surface area contributed by atoms with E-state index in [2.05, 4.69) is 15.3 Å². The van der Waals surface area contributed by atoms with Gasteiger partial charge in [0.05, 0.1) is 11.3 Å². The Bertz CT molecular complexity index is 762. The molecule has 2 aromatic rings. The van der Waals surface area contributed by atoms with Crippen molar-refractivity contribution in [3.8, 4) is 0 Å². The molecule has 2 rings (SSSR count). The van der Waals surface area contributed by atoms with Crippen LogP contribution in [0, 0.1) is 5.82 Å². The van der Waals surface area contributed by atoms with Gasteiger partial charge in [0.25, 0.3) is 0 Å². The van der Waals surface area contributed by atoms with E-state index in [1.165, 1.54) is 18.2 Å². The third-order valence-electron chi connectivity index (χ3n) is 2.38. The number of hydrogen-bond donors (Lipinski definition) is 1. The lowest BCUT2D eigenvalue weighted by atomic mass is 10.3. The molecule has 6 nitrogen and oxygen atoms in total. The number of aromatic nitrogens is 2. The van der Waals surface area contributed by atoms with E-state index in [1.54, 1.807) is 6.07 Å². The highest BCUT2D eigenvalue weighted by molar-refractivity contribution is 7.90. The van der Waals surface area contributed by atoms with Gasteiger partial charge in [-0.15, -0.1) is 0 Å². The number of carbonyl (C=O) groups is 1. The predicted octanol–water partition coefficient (Wildman–Crippen LogP) is 1.58. The smallest absolute Gasteiger partial charge is 0.248 e. The molecule has 0 aliphatic rings. The number of para-hydroxylation sites is 1. The van der Waals surface area contributed by atoms with E-state index in [1.807, 2.05) is 0 Å². The summed E-state index contributed by atoms with van der Waals surface area (Å²) in [6.07, 6.45) is 2.46. The van der Waals surface area contributed by atoms with Gasteiger partial charge in [0, 0.05) is 12.5 Å². The van der Waals surface area contributed by atoms with Crippen LogP contribution in [0.1, 0.15) is 10.4 Å². The first-order valence-corrected chi connectivity index (χ1v) is 7.35. The summed E-state index contributed by atoms with van der Waals surface area (Å²) in [5.74, 6) is -0.621. The van der Waals surface area contributed by atoms with Crippen molar-refractivity contribution in [2.75, 3.05) is 11.6 Å². The van der Waals surface area contributed by atoms with Crippen LogP contribution in [0.15, 0.2) is 35.6 Å². The molecule has 1 N–H and O–H groups in total. The van der Waals surface area contributed by atoms with Gasteiger partial charge in [0.2, 0.25) is 15.0 Å². The maximum Gasteiger partial charge on any atom is 0.248 e. The molecule has 0 atom stereocenters. The first-order valence-electron chi connectivity index (χ1n) is 5.45. The van der Waals surface area contributed by atoms with E-state index in [9.17, 15) is 17.6 Å². The summed E-state index contributed by atoms with van der Waals surface area (Å²) >= 11 is 0. The number of sulfone groups is 1. The van der Waals surface area contributed by atoms with Crippen LogP contribution in [-0.4, -0.2) is 30.9 Å². The largest absolute Gasteiger partial charge is 0.337 e. The molecule has 0 amide bonds. The number of benzene rings is 1. The number of carbonyl (C=O) groups excluding carboxylic acids is 1. The molecular weight excluding hydrogens is 285 g/mol. The van der Waals surface area contributed by atoms with Crippen LogP contribution in [-0.2, 0) is 9.84 Å². The second-order valence-electron chi connectivity index (χ2n) is 3.95. The Kier molecular flexibility index (Phi) is 3.75. The van der Waals surface area contributed by atoms with Crippen LogP contribution in [0.25, 0.3) is 0 Å². The fourth-order valence-corrected chi connectivity index (χ4v) is 1.93. The van der Waals surface area contributed by atoms with Crippen LogP contribution in [0.2, 0.25) is 0 Å². The molecule has 1 heterocycles. The second kappa shape index (κ2) is 5.33. The standard InChI is InChI=1S/C12H10FN3O3S/c1-20(18,19)12-14-6-8(7-17)11(16-12)15-10-5-3-2-4-9(10)13/h2-7H,1H3,(H,14,15,16). The molecule has 104 valence electrons. The van der Waals surface area contributed by atoms with E-state index < -0.39 is 20.8 Å². The summed E-state index contributed by atoms with van der Waals surface area (Å²) in [5, 5.41) is 2.14. The molecule has 8 heteroatoms. The Morgan fingerprint density at radius 3 is 2.60 bits per heavy atom. The number of halogens is 1. The molecule has 0 aliphatic carbocycles. The topological polar surface area (TPSA) is 89.0 Å². The SMILES string of the molecule is CS(=O)(=O)c1ncc(C=O)c(Nc2ccccc2F)n1. The normalized spacial score (nSPS) is 11.1. The molecule has 0 saturated carbocycles. The zero-order chi connectivity index (χ0) is 14.8. The van der Waals surface area contributed by atoms with Crippen LogP contribution in [0.3, 0.4) is 0 Å². The molecule has 0 aliphatic heterocycles. The summed E-state index contributed by atoms with van der Waals surface area (Å²) in [6, 6.07) is 5.75. The number of anilines is 2. The number of nitrogens with zero attached hydrogens (tertiary/aromatic N) is 2. The Morgan fingerprint density at radius 2 is 2.00 bits per heavy atom. The highest BCUT2D eigenvalue weighted by Crippen LogP contribution is 2.20. The van der Waals surface area contributed by atoms with E-state index in [0.717, 1.165) is 12.5 Å². The van der Waals surface area contributed by atoms with Crippen molar-refractivity contribution in [2.24, 2.45) is 0 Å². The van der Waals surface area contributed by atoms with Crippen molar-refractivity contribution in [1.82, 2.24) is 9.97 Å². The van der Waals surface area contributed by atoms with E-state index in [4.69, 9.17) is 0 Å². The van der Waals surface area contributed by atoms with Gasteiger partial charge < -0.3 is 5.32 Å². The lowest BCUT2D eigenvalue weighted by Crippen LogP contribution is -2.08. The van der Waals surface area contributed by atoms with Crippen LogP contribution >= 0.6 is 0 Å². The van der Waals surface area contributed by atoms with Gasteiger partial charge in [-0.1, -0.05) is 12.1 Å². The van der Waals surface area contributed by atoms with Crippen LogP contribution in [0.4, 0.5) is 15.9 Å². The Balaban J connectivity index is 2.50. The summed E-state index contributed by atoms with van der Waals surface area (Å²) in [5.41, 5.74) is 0.106. The number of hydrogen-bond acceptors (Lipinski definition) is 6. The molecular formula is C12H10FN3O3S. The average Bonchev–Trinajstić information content (AvgIpc) is 2.40. The van der Waals surface area contributed by atoms with E-state index >= 15 is 0 Å². The maximum atomic E-state index is 13.5. The van der Waals surface area contributed by atoms with Gasteiger partial charge in [-0.05, 0) is 12.1 Å². The third-order valence-corrected chi connectivity index (χ3v) is 3.24. The number of nitrogens with one attached hydrogen (secondary N) is 1. The minimum atomic E-state index is -3.62. The predicted molar refractivity (Wildman–Crippen MR) is 70.2 cm³/mol. The Labute approximate surface area is 114 Å². The molecule has 0 spiro atoms. The average molecular weight is 295 g/mol. The van der Waals surface area contributed by atoms with Gasteiger partial charge in [-0.2, -0.15) is 0 Å². The van der Waals surface area contributed by atoms with Crippen molar-refractivity contribution in [1.29, 1.82) is 0 Å². The zero-order valence-corrected chi connectivity index (χ0v) is 11.2. The first-order chi connectivity index (χ1) is 9.41. The molecule has 0 bridgehead atoms. The molecule has 0 radical (unpaired) electrons. The third kappa shape index (κ3) is 2.97. The number of rotatable bonds is 4. The van der Waals surface area contributed by atoms with Gasteiger partial charge in [-0.25, -0.2) is 22.8 Å². The molecule has 20 heavy (non-hydrogen) atoms. The van der Waals surface area contributed by atoms with Crippen molar-refractivity contribution in [2.45, 2.75) is 5.16 Å². The van der Waals surface area contributed by atoms with E-state index in [0.29, 0.717) is 6.29 Å². The number of aldehydes is 1. The lowest BCUT2D eigenvalue weighted by molar-refractivity contribution is 0.112. The molecule has 1 aromatic carbocycles. The quantitative estimate of drug-likeness (QED) is 0.680. The molecule has 0 fully saturated rings. The fraction of sp³-hybridized carbons (Fsp3) is 0.0833. The van der Waals surface area contributed by atoms with Crippen LogP contribution < -0.4 is 5.32 Å². The van der Waals surface area contributed by atoms with Crippen molar-refractivity contribution >= 4 is 27.6 Å². The van der Waals surface area contributed by atoms with Gasteiger partial charge >= 0.3 is 0 Å². The molecule has 0 unspecified atom stereocenters.